The van der Waals surface area contributed by atoms with Crippen molar-refractivity contribution in [1.82, 2.24) is 0 Å². The number of aliphatic hydroxyl groups excluding tert-OH is 3. The quantitative estimate of drug-likeness (QED) is 0.227. The lowest BCUT2D eigenvalue weighted by atomic mass is 10.0. The Labute approximate surface area is 178 Å². The van der Waals surface area contributed by atoms with Gasteiger partial charge in [0.1, 0.15) is 24.4 Å². The molecule has 1 heterocycles. The molecule has 0 saturated carbocycles. The molecule has 0 spiro atoms. The molecule has 29 heavy (non-hydrogen) atoms. The average molecular weight is 415 g/mol. The minimum absolute atomic E-state index is 0.191. The first-order valence-electron chi connectivity index (χ1n) is 12.1. The summed E-state index contributed by atoms with van der Waals surface area (Å²) in [5, 5.41) is 28.9. The Morgan fingerprint density at radius 1 is 0.793 bits per heavy atom. The molecule has 0 aromatic rings. The van der Waals surface area contributed by atoms with Gasteiger partial charge in [-0.3, -0.25) is 0 Å². The molecule has 0 radical (unpaired) electrons. The van der Waals surface area contributed by atoms with E-state index in [2.05, 4.69) is 13.0 Å². The Kier molecular flexibility index (Phi) is 16.8. The molecule has 0 unspecified atom stereocenters. The molecule has 0 aromatic heterocycles. The van der Waals surface area contributed by atoms with E-state index in [9.17, 15) is 10.2 Å². The second-order valence-corrected chi connectivity index (χ2v) is 8.41. The number of ether oxygens (including phenoxy) is 2. The number of hydrogen-bond acceptors (Lipinski definition) is 5. The fourth-order valence-electron chi connectivity index (χ4n) is 3.81. The number of rotatable bonds is 18. The molecule has 3 N–H and O–H groups in total. The predicted octanol–water partition coefficient (Wildman–Crippen LogP) is 4.52. The van der Waals surface area contributed by atoms with Crippen molar-refractivity contribution in [2.24, 2.45) is 0 Å². The van der Waals surface area contributed by atoms with E-state index >= 15 is 0 Å². The first-order valence-corrected chi connectivity index (χ1v) is 12.1. The van der Waals surface area contributed by atoms with Gasteiger partial charge >= 0.3 is 0 Å². The van der Waals surface area contributed by atoms with Crippen molar-refractivity contribution in [3.05, 3.63) is 12.2 Å². The Bertz CT molecular complexity index is 387. The van der Waals surface area contributed by atoms with Gasteiger partial charge in [0.05, 0.1) is 19.8 Å². The maximum absolute atomic E-state index is 9.98. The Morgan fingerprint density at radius 3 is 1.90 bits per heavy atom. The van der Waals surface area contributed by atoms with Crippen LogP contribution in [0.1, 0.15) is 96.8 Å². The minimum atomic E-state index is -1.10. The molecule has 1 aliphatic heterocycles. The van der Waals surface area contributed by atoms with Crippen LogP contribution >= 0.6 is 0 Å². The van der Waals surface area contributed by atoms with Gasteiger partial charge < -0.3 is 24.8 Å². The summed E-state index contributed by atoms with van der Waals surface area (Å²) in [6, 6.07) is 0. The molecule has 5 heteroatoms. The van der Waals surface area contributed by atoms with Crippen molar-refractivity contribution in [1.29, 1.82) is 0 Å². The molecule has 1 aliphatic rings. The normalized spacial score (nSPS) is 25.1. The van der Waals surface area contributed by atoms with Gasteiger partial charge in [-0.15, -0.1) is 0 Å². The summed E-state index contributed by atoms with van der Waals surface area (Å²) in [5.74, 6) is 0. The summed E-state index contributed by atoms with van der Waals surface area (Å²) >= 11 is 0. The lowest BCUT2D eigenvalue weighted by Gasteiger charge is -2.36. The van der Waals surface area contributed by atoms with Crippen LogP contribution in [0.3, 0.4) is 0 Å². The van der Waals surface area contributed by atoms with E-state index in [0.717, 1.165) is 6.42 Å². The monoisotopic (exact) mass is 414 g/mol. The molecule has 1 rings (SSSR count). The molecular weight excluding hydrogens is 368 g/mol. The molecule has 5 nitrogen and oxygen atoms in total. The predicted molar refractivity (Wildman–Crippen MR) is 118 cm³/mol. The third-order valence-electron chi connectivity index (χ3n) is 5.81. The summed E-state index contributed by atoms with van der Waals surface area (Å²) in [6.07, 6.45) is 19.5. The van der Waals surface area contributed by atoms with Crippen LogP contribution < -0.4 is 0 Å². The van der Waals surface area contributed by atoms with Gasteiger partial charge in [-0.1, -0.05) is 96.1 Å². The fraction of sp³-hybridized carbons (Fsp3) is 0.917. The van der Waals surface area contributed by atoms with Gasteiger partial charge in [0.15, 0.2) is 0 Å². The van der Waals surface area contributed by atoms with Crippen molar-refractivity contribution in [2.45, 2.75) is 121 Å². The van der Waals surface area contributed by atoms with E-state index in [1.54, 1.807) is 0 Å². The lowest BCUT2D eigenvalue weighted by Crippen LogP contribution is -2.54. The first-order chi connectivity index (χ1) is 14.2. The zero-order valence-corrected chi connectivity index (χ0v) is 18.6. The summed E-state index contributed by atoms with van der Waals surface area (Å²) in [6.45, 7) is 2.56. The fourth-order valence-corrected chi connectivity index (χ4v) is 3.81. The molecule has 0 aliphatic carbocycles. The van der Waals surface area contributed by atoms with Crippen molar-refractivity contribution < 1.29 is 24.8 Å². The largest absolute Gasteiger partial charge is 0.394 e. The van der Waals surface area contributed by atoms with Crippen LogP contribution in [0.5, 0.6) is 0 Å². The SMILES string of the molecule is CCCCCCCCCCCCCCC/C=C/CO[C@@H]1CO[C@@H](CO)[C@H](O)[C@H]1O. The van der Waals surface area contributed by atoms with E-state index in [1.807, 2.05) is 6.08 Å². The first kappa shape index (κ1) is 26.6. The van der Waals surface area contributed by atoms with Gasteiger partial charge in [0, 0.05) is 0 Å². The Morgan fingerprint density at radius 2 is 1.34 bits per heavy atom. The second-order valence-electron chi connectivity index (χ2n) is 8.41. The van der Waals surface area contributed by atoms with Crippen LogP contribution in [-0.4, -0.2) is 59.6 Å². The van der Waals surface area contributed by atoms with Crippen LogP contribution in [0, 0.1) is 0 Å². The number of hydrogen-bond donors (Lipinski definition) is 3. The molecule has 0 bridgehead atoms. The summed E-state index contributed by atoms with van der Waals surface area (Å²) in [7, 11) is 0. The second kappa shape index (κ2) is 18.3. The van der Waals surface area contributed by atoms with Crippen LogP contribution in [0.15, 0.2) is 12.2 Å². The van der Waals surface area contributed by atoms with Gasteiger partial charge in [-0.05, 0) is 12.8 Å². The molecule has 172 valence electrons. The third-order valence-corrected chi connectivity index (χ3v) is 5.81. The van der Waals surface area contributed by atoms with E-state index in [4.69, 9.17) is 14.6 Å². The average Bonchev–Trinajstić information content (AvgIpc) is 2.73. The van der Waals surface area contributed by atoms with Crippen molar-refractivity contribution >= 4 is 0 Å². The highest BCUT2D eigenvalue weighted by Gasteiger charge is 2.38. The highest BCUT2D eigenvalue weighted by molar-refractivity contribution is 4.89. The van der Waals surface area contributed by atoms with E-state index in [0.29, 0.717) is 6.61 Å². The number of aliphatic hydroxyl groups is 3. The topological polar surface area (TPSA) is 79.2 Å². The maximum Gasteiger partial charge on any atom is 0.111 e. The third kappa shape index (κ3) is 12.7. The van der Waals surface area contributed by atoms with Gasteiger partial charge in [0.25, 0.3) is 0 Å². The van der Waals surface area contributed by atoms with E-state index < -0.39 is 24.4 Å². The van der Waals surface area contributed by atoms with Crippen LogP contribution in [0.4, 0.5) is 0 Å². The highest BCUT2D eigenvalue weighted by atomic mass is 16.6. The molecule has 0 aromatic carbocycles. The van der Waals surface area contributed by atoms with Crippen molar-refractivity contribution in [3.8, 4) is 0 Å². The van der Waals surface area contributed by atoms with Gasteiger partial charge in [-0.2, -0.15) is 0 Å². The number of allylic oxidation sites excluding steroid dienone is 1. The number of unbranched alkanes of at least 4 members (excludes halogenated alkanes) is 13. The summed E-state index contributed by atoms with van der Waals surface area (Å²) in [5.41, 5.74) is 0. The maximum atomic E-state index is 9.98. The van der Waals surface area contributed by atoms with Crippen LogP contribution in [0.2, 0.25) is 0 Å². The standard InChI is InChI=1S/C24H46O5/c1-2-3-4-5-6-7-8-9-10-11-12-13-14-15-16-17-18-28-22-20-29-21(19-25)23(26)24(22)27/h16-17,21-27H,2-15,18-20H2,1H3/b17-16+/t21-,22+,23-,24-/m0/s1. The van der Waals surface area contributed by atoms with E-state index in [1.165, 1.54) is 83.5 Å². The summed E-state index contributed by atoms with van der Waals surface area (Å²) < 4.78 is 10.9. The molecule has 1 saturated heterocycles. The van der Waals surface area contributed by atoms with Gasteiger partial charge in [-0.25, -0.2) is 0 Å². The Balaban J connectivity index is 1.85. The zero-order valence-electron chi connectivity index (χ0n) is 18.6. The van der Waals surface area contributed by atoms with Crippen LogP contribution in [-0.2, 0) is 9.47 Å². The zero-order chi connectivity index (χ0) is 21.2. The van der Waals surface area contributed by atoms with Crippen LogP contribution in [0.25, 0.3) is 0 Å². The highest BCUT2D eigenvalue weighted by Crippen LogP contribution is 2.18. The lowest BCUT2D eigenvalue weighted by molar-refractivity contribution is -0.205. The van der Waals surface area contributed by atoms with Crippen molar-refractivity contribution in [2.75, 3.05) is 19.8 Å². The Hall–Kier alpha value is -0.460. The molecular formula is C24H46O5. The smallest absolute Gasteiger partial charge is 0.111 e. The van der Waals surface area contributed by atoms with Crippen molar-refractivity contribution in [3.63, 3.8) is 0 Å². The molecule has 0 amide bonds. The summed E-state index contributed by atoms with van der Waals surface area (Å²) in [4.78, 5) is 0. The van der Waals surface area contributed by atoms with E-state index in [-0.39, 0.29) is 13.2 Å². The molecule has 4 atom stereocenters. The van der Waals surface area contributed by atoms with Gasteiger partial charge in [0.2, 0.25) is 0 Å². The minimum Gasteiger partial charge on any atom is -0.394 e. The molecule has 1 fully saturated rings.